The number of hydrogen-bond acceptors (Lipinski definition) is 3. The maximum atomic E-state index is 13.5. The molecular formula is C17H14Cl3FN2O2. The van der Waals surface area contributed by atoms with Gasteiger partial charge >= 0.3 is 0 Å². The van der Waals surface area contributed by atoms with Crippen LogP contribution in [0.1, 0.15) is 18.4 Å². The summed E-state index contributed by atoms with van der Waals surface area (Å²) in [6, 6.07) is 9.18. The lowest BCUT2D eigenvalue weighted by molar-refractivity contribution is -0.121. The van der Waals surface area contributed by atoms with Gasteiger partial charge in [-0.1, -0.05) is 40.9 Å². The molecule has 25 heavy (non-hydrogen) atoms. The van der Waals surface area contributed by atoms with E-state index < -0.39 is 5.82 Å². The molecule has 1 amide bonds. The summed E-state index contributed by atoms with van der Waals surface area (Å²) >= 11 is 17.6. The molecule has 0 atom stereocenters. The number of nitrogens with zero attached hydrogens (tertiary/aromatic N) is 1. The molecule has 0 heterocycles. The average molecular weight is 404 g/mol. The van der Waals surface area contributed by atoms with Crippen molar-refractivity contribution in [1.82, 2.24) is 5.43 Å². The number of hydrazone groups is 1. The monoisotopic (exact) mass is 402 g/mol. The van der Waals surface area contributed by atoms with Gasteiger partial charge in [-0.15, -0.1) is 0 Å². The first kappa shape index (κ1) is 19.5. The fraction of sp³-hybridized carbons (Fsp3) is 0.176. The van der Waals surface area contributed by atoms with E-state index in [1.807, 2.05) is 0 Å². The number of amides is 1. The highest BCUT2D eigenvalue weighted by molar-refractivity contribution is 6.35. The quantitative estimate of drug-likeness (QED) is 0.397. The molecule has 0 aliphatic rings. The van der Waals surface area contributed by atoms with Crippen LogP contribution in [-0.2, 0) is 4.79 Å². The number of benzene rings is 2. The van der Waals surface area contributed by atoms with E-state index in [2.05, 4.69) is 10.5 Å². The highest BCUT2D eigenvalue weighted by Gasteiger charge is 2.05. The molecule has 0 aliphatic carbocycles. The molecule has 2 aromatic carbocycles. The van der Waals surface area contributed by atoms with Gasteiger partial charge in [-0.2, -0.15) is 5.10 Å². The Morgan fingerprint density at radius 3 is 2.72 bits per heavy atom. The van der Waals surface area contributed by atoms with Gasteiger partial charge in [-0.25, -0.2) is 9.82 Å². The molecule has 2 rings (SSSR count). The van der Waals surface area contributed by atoms with Crippen molar-refractivity contribution in [2.75, 3.05) is 6.61 Å². The zero-order valence-corrected chi connectivity index (χ0v) is 15.2. The van der Waals surface area contributed by atoms with E-state index in [9.17, 15) is 9.18 Å². The smallest absolute Gasteiger partial charge is 0.240 e. The number of carbonyl (C=O) groups excluding carboxylic acids is 1. The molecule has 0 saturated carbocycles. The lowest BCUT2D eigenvalue weighted by atomic mass is 10.2. The molecule has 0 spiro atoms. The summed E-state index contributed by atoms with van der Waals surface area (Å²) in [5.41, 5.74) is 2.43. The maximum Gasteiger partial charge on any atom is 0.240 e. The highest BCUT2D eigenvalue weighted by Crippen LogP contribution is 2.27. The number of ether oxygens (including phenoxy) is 1. The molecule has 0 aromatic heterocycles. The van der Waals surface area contributed by atoms with Crippen LogP contribution in [0.4, 0.5) is 4.39 Å². The summed E-state index contributed by atoms with van der Waals surface area (Å²) < 4.78 is 19.0. The minimum Gasteiger partial charge on any atom is -0.492 e. The van der Waals surface area contributed by atoms with Crippen LogP contribution in [0.25, 0.3) is 0 Å². The molecule has 0 fully saturated rings. The summed E-state index contributed by atoms with van der Waals surface area (Å²) in [7, 11) is 0. The summed E-state index contributed by atoms with van der Waals surface area (Å²) in [5.74, 6) is -0.341. The van der Waals surface area contributed by atoms with Crippen LogP contribution in [0, 0.1) is 5.82 Å². The molecule has 0 saturated heterocycles. The van der Waals surface area contributed by atoms with Gasteiger partial charge in [-0.05, 0) is 36.8 Å². The topological polar surface area (TPSA) is 50.7 Å². The van der Waals surface area contributed by atoms with Crippen molar-refractivity contribution in [1.29, 1.82) is 0 Å². The Bertz CT molecular complexity index is 764. The highest BCUT2D eigenvalue weighted by atomic mass is 35.5. The third kappa shape index (κ3) is 6.20. The fourth-order valence-corrected chi connectivity index (χ4v) is 2.54. The molecule has 132 valence electrons. The second-order valence-corrected chi connectivity index (χ2v) is 6.21. The van der Waals surface area contributed by atoms with Crippen molar-refractivity contribution in [2.45, 2.75) is 12.8 Å². The van der Waals surface area contributed by atoms with Crippen LogP contribution in [0.5, 0.6) is 5.75 Å². The number of hydrogen-bond donors (Lipinski definition) is 1. The first-order valence-electron chi connectivity index (χ1n) is 7.31. The zero-order valence-electron chi connectivity index (χ0n) is 12.9. The minimum atomic E-state index is -0.515. The van der Waals surface area contributed by atoms with E-state index in [-0.39, 0.29) is 22.9 Å². The Labute approximate surface area is 159 Å². The number of nitrogens with one attached hydrogen (secondary N) is 1. The van der Waals surface area contributed by atoms with Gasteiger partial charge in [0.1, 0.15) is 11.6 Å². The SMILES string of the molecule is O=C(CCCOc1ccc(Cl)cc1Cl)NN=Cc1c(F)cccc1Cl. The molecule has 4 nitrogen and oxygen atoms in total. The largest absolute Gasteiger partial charge is 0.492 e. The Morgan fingerprint density at radius 2 is 2.00 bits per heavy atom. The molecule has 0 radical (unpaired) electrons. The summed E-state index contributed by atoms with van der Waals surface area (Å²) in [4.78, 5) is 11.7. The molecule has 2 aromatic rings. The van der Waals surface area contributed by atoms with Crippen LogP contribution < -0.4 is 10.2 Å². The predicted molar refractivity (Wildman–Crippen MR) is 98.3 cm³/mol. The van der Waals surface area contributed by atoms with Gasteiger partial charge in [0.25, 0.3) is 0 Å². The van der Waals surface area contributed by atoms with Crippen molar-refractivity contribution in [3.8, 4) is 5.75 Å². The van der Waals surface area contributed by atoms with Crippen LogP contribution in [0.3, 0.4) is 0 Å². The lowest BCUT2D eigenvalue weighted by Crippen LogP contribution is -2.18. The first-order valence-corrected chi connectivity index (χ1v) is 8.44. The van der Waals surface area contributed by atoms with Crippen molar-refractivity contribution < 1.29 is 13.9 Å². The predicted octanol–water partition coefficient (Wildman–Crippen LogP) is 5.10. The average Bonchev–Trinajstić information content (AvgIpc) is 2.56. The van der Waals surface area contributed by atoms with Gasteiger partial charge in [0, 0.05) is 17.0 Å². The van der Waals surface area contributed by atoms with Crippen molar-refractivity contribution in [3.05, 3.63) is 62.8 Å². The summed E-state index contributed by atoms with van der Waals surface area (Å²) in [5, 5.41) is 4.84. The molecule has 0 bridgehead atoms. The molecule has 0 unspecified atom stereocenters. The second-order valence-electron chi connectivity index (χ2n) is 4.96. The Kier molecular flexibility index (Phi) is 7.50. The first-order chi connectivity index (χ1) is 12.0. The summed E-state index contributed by atoms with van der Waals surface area (Å²) in [6.07, 6.45) is 1.81. The van der Waals surface area contributed by atoms with Crippen LogP contribution >= 0.6 is 34.8 Å². The maximum absolute atomic E-state index is 13.5. The van der Waals surface area contributed by atoms with Crippen LogP contribution in [0.2, 0.25) is 15.1 Å². The third-order valence-corrected chi connectivity index (χ3v) is 3.94. The van der Waals surface area contributed by atoms with Gasteiger partial charge < -0.3 is 4.74 Å². The van der Waals surface area contributed by atoms with Crippen LogP contribution in [-0.4, -0.2) is 18.7 Å². The van der Waals surface area contributed by atoms with Gasteiger partial charge in [0.05, 0.1) is 22.9 Å². The van der Waals surface area contributed by atoms with Crippen molar-refractivity contribution in [3.63, 3.8) is 0 Å². The second kappa shape index (κ2) is 9.61. The van der Waals surface area contributed by atoms with Gasteiger partial charge in [0.15, 0.2) is 0 Å². The van der Waals surface area contributed by atoms with E-state index in [1.165, 1.54) is 24.4 Å². The third-order valence-electron chi connectivity index (χ3n) is 3.08. The number of halogens is 4. The molecule has 1 N–H and O–H groups in total. The Hall–Kier alpha value is -1.82. The lowest BCUT2D eigenvalue weighted by Gasteiger charge is -2.07. The van der Waals surface area contributed by atoms with Gasteiger partial charge in [-0.3, -0.25) is 4.79 Å². The Morgan fingerprint density at radius 1 is 1.20 bits per heavy atom. The number of carbonyl (C=O) groups is 1. The van der Waals surface area contributed by atoms with E-state index in [4.69, 9.17) is 39.5 Å². The van der Waals surface area contributed by atoms with Crippen LogP contribution in [0.15, 0.2) is 41.5 Å². The van der Waals surface area contributed by atoms with E-state index in [1.54, 1.807) is 18.2 Å². The molecule has 0 aliphatic heterocycles. The van der Waals surface area contributed by atoms with Crippen molar-refractivity contribution in [2.24, 2.45) is 5.10 Å². The Balaban J connectivity index is 1.73. The summed E-state index contributed by atoms with van der Waals surface area (Å²) in [6.45, 7) is 0.303. The minimum absolute atomic E-state index is 0.116. The number of rotatable bonds is 7. The van der Waals surface area contributed by atoms with Crippen molar-refractivity contribution >= 4 is 46.9 Å². The van der Waals surface area contributed by atoms with E-state index >= 15 is 0 Å². The standard InChI is InChI=1S/C17H14Cl3FN2O2/c18-11-6-7-16(14(20)9-11)25-8-2-5-17(24)23-22-10-12-13(19)3-1-4-15(12)21/h1,3-4,6-7,9-10H,2,5,8H2,(H,23,24). The normalized spacial score (nSPS) is 10.9. The van der Waals surface area contributed by atoms with E-state index in [0.717, 1.165) is 0 Å². The zero-order chi connectivity index (χ0) is 18.2. The fourth-order valence-electron chi connectivity index (χ4n) is 1.87. The molecule has 8 heteroatoms. The molecular weight excluding hydrogens is 390 g/mol. The van der Waals surface area contributed by atoms with Gasteiger partial charge in [0.2, 0.25) is 5.91 Å². The van der Waals surface area contributed by atoms with E-state index in [0.29, 0.717) is 28.8 Å².